The largest absolute Gasteiger partial charge is 0.390 e. The normalized spacial score (nSPS) is 47.6. The highest BCUT2D eigenvalue weighted by atomic mass is 16.3. The Balaban J connectivity index is 1.42. The zero-order valence-electron chi connectivity index (χ0n) is 18.0. The van der Waals surface area contributed by atoms with E-state index in [9.17, 15) is 5.11 Å². The number of hydrogen-bond acceptors (Lipinski definition) is 2. The van der Waals surface area contributed by atoms with Crippen molar-refractivity contribution in [1.29, 1.82) is 0 Å². The van der Waals surface area contributed by atoms with Crippen molar-refractivity contribution in [2.45, 2.75) is 84.2 Å². The van der Waals surface area contributed by atoms with Crippen molar-refractivity contribution >= 4 is 5.57 Å². The number of aromatic nitrogens is 1. The highest BCUT2D eigenvalue weighted by Crippen LogP contribution is 2.68. The van der Waals surface area contributed by atoms with Crippen molar-refractivity contribution in [3.8, 4) is 0 Å². The van der Waals surface area contributed by atoms with E-state index in [1.807, 2.05) is 6.20 Å². The number of rotatable bonds is 2. The maximum Gasteiger partial charge on any atom is 0.0648 e. The Morgan fingerprint density at radius 3 is 2.71 bits per heavy atom. The Hall–Kier alpha value is -1.15. The minimum atomic E-state index is -0.386. The fourth-order valence-electron chi connectivity index (χ4n) is 8.18. The van der Waals surface area contributed by atoms with Crippen LogP contribution in [0.3, 0.4) is 0 Å². The van der Waals surface area contributed by atoms with Crippen LogP contribution in [0.25, 0.3) is 5.57 Å². The van der Waals surface area contributed by atoms with Crippen LogP contribution in [0.5, 0.6) is 0 Å². The molecule has 2 heteroatoms. The molecule has 3 saturated carbocycles. The number of hydrogen-bond donors (Lipinski definition) is 1. The maximum atomic E-state index is 11.0. The van der Waals surface area contributed by atoms with E-state index in [4.69, 9.17) is 0 Å². The smallest absolute Gasteiger partial charge is 0.0648 e. The summed E-state index contributed by atoms with van der Waals surface area (Å²) in [5.41, 5.74) is 3.30. The van der Waals surface area contributed by atoms with Crippen LogP contribution in [0, 0.1) is 34.5 Å². The Labute approximate surface area is 170 Å². The highest BCUT2D eigenvalue weighted by molar-refractivity contribution is 5.72. The highest BCUT2D eigenvalue weighted by Gasteiger charge is 2.59. The summed E-state index contributed by atoms with van der Waals surface area (Å²) in [6.07, 6.45) is 17.4. The summed E-state index contributed by atoms with van der Waals surface area (Å²) in [5.74, 6) is 3.24. The van der Waals surface area contributed by atoms with Gasteiger partial charge in [-0.15, -0.1) is 0 Å². The SMILES string of the molecule is CC[C@]1(O)CC[C@@]2(C)C(CCC3C2CC[C@]2(C)C(c4cccnc4)=CCC32)C1. The molecule has 0 aliphatic heterocycles. The van der Waals surface area contributed by atoms with Gasteiger partial charge in [-0.2, -0.15) is 0 Å². The second-order valence-electron chi connectivity index (χ2n) is 11.0. The van der Waals surface area contributed by atoms with Crippen molar-refractivity contribution in [3.63, 3.8) is 0 Å². The van der Waals surface area contributed by atoms with E-state index in [0.29, 0.717) is 10.8 Å². The second-order valence-corrected chi connectivity index (χ2v) is 11.0. The van der Waals surface area contributed by atoms with Crippen LogP contribution >= 0.6 is 0 Å². The second kappa shape index (κ2) is 6.42. The lowest BCUT2D eigenvalue weighted by atomic mass is 9.43. The third kappa shape index (κ3) is 2.59. The quantitative estimate of drug-likeness (QED) is 0.658. The first-order valence-corrected chi connectivity index (χ1v) is 11.7. The van der Waals surface area contributed by atoms with Gasteiger partial charge in [0.1, 0.15) is 0 Å². The number of pyridine rings is 1. The molecule has 4 aliphatic carbocycles. The van der Waals surface area contributed by atoms with Crippen LogP contribution in [0.15, 0.2) is 30.6 Å². The van der Waals surface area contributed by atoms with Crippen LogP contribution in [0.1, 0.15) is 84.1 Å². The van der Waals surface area contributed by atoms with Crippen LogP contribution in [0.4, 0.5) is 0 Å². The predicted molar refractivity (Wildman–Crippen MR) is 115 cm³/mol. The van der Waals surface area contributed by atoms with Gasteiger partial charge in [-0.3, -0.25) is 4.98 Å². The van der Waals surface area contributed by atoms with E-state index in [2.05, 4.69) is 50.2 Å². The summed E-state index contributed by atoms with van der Waals surface area (Å²) >= 11 is 0. The molecule has 1 heterocycles. The molecule has 4 unspecified atom stereocenters. The molecule has 0 amide bonds. The van der Waals surface area contributed by atoms with E-state index in [0.717, 1.165) is 42.9 Å². The zero-order valence-corrected chi connectivity index (χ0v) is 18.0. The number of aliphatic hydroxyl groups is 1. The molecule has 1 aromatic rings. The van der Waals surface area contributed by atoms with Gasteiger partial charge >= 0.3 is 0 Å². The standard InChI is InChI=1S/C26H37NO/c1-4-26(28)14-13-24(2)19(16-26)7-8-20-22-10-9-21(18-6-5-15-27-17-18)25(22,3)12-11-23(20)24/h5-6,9,15,17,19-20,22-23,28H,4,7-8,10-14,16H2,1-3H3/t19?,20?,22?,23?,24-,25+,26-/m0/s1. The molecule has 7 atom stereocenters. The van der Waals surface area contributed by atoms with Crippen LogP contribution < -0.4 is 0 Å². The summed E-state index contributed by atoms with van der Waals surface area (Å²) in [6, 6.07) is 4.34. The van der Waals surface area contributed by atoms with Crippen LogP contribution in [0.2, 0.25) is 0 Å². The predicted octanol–water partition coefficient (Wildman–Crippen LogP) is 6.26. The molecule has 0 spiro atoms. The van der Waals surface area contributed by atoms with E-state index in [-0.39, 0.29) is 5.60 Å². The van der Waals surface area contributed by atoms with Crippen molar-refractivity contribution in [3.05, 3.63) is 36.2 Å². The van der Waals surface area contributed by atoms with Gasteiger partial charge < -0.3 is 5.11 Å². The van der Waals surface area contributed by atoms with Gasteiger partial charge in [0.15, 0.2) is 0 Å². The summed E-state index contributed by atoms with van der Waals surface area (Å²) in [6.45, 7) is 7.31. The lowest BCUT2D eigenvalue weighted by molar-refractivity contribution is -0.144. The fraction of sp³-hybridized carbons (Fsp3) is 0.731. The molecule has 0 aromatic carbocycles. The van der Waals surface area contributed by atoms with Crippen molar-refractivity contribution < 1.29 is 5.11 Å². The molecular formula is C26H37NO. The first-order chi connectivity index (χ1) is 13.4. The third-order valence-corrected chi connectivity index (χ3v) is 10.0. The molecule has 0 radical (unpaired) electrons. The number of allylic oxidation sites excluding steroid dienone is 2. The lowest BCUT2D eigenvalue weighted by Gasteiger charge is -2.62. The molecule has 152 valence electrons. The average Bonchev–Trinajstić information content (AvgIpc) is 3.06. The average molecular weight is 380 g/mol. The summed E-state index contributed by atoms with van der Waals surface area (Å²) in [7, 11) is 0. The summed E-state index contributed by atoms with van der Waals surface area (Å²) in [4.78, 5) is 4.40. The van der Waals surface area contributed by atoms with Crippen molar-refractivity contribution in [1.82, 2.24) is 4.98 Å². The van der Waals surface area contributed by atoms with Gasteiger partial charge in [0.2, 0.25) is 0 Å². The maximum absolute atomic E-state index is 11.0. The molecule has 5 rings (SSSR count). The van der Waals surface area contributed by atoms with Gasteiger partial charge in [-0.05, 0) is 109 Å². The van der Waals surface area contributed by atoms with Crippen molar-refractivity contribution in [2.24, 2.45) is 34.5 Å². The summed E-state index contributed by atoms with van der Waals surface area (Å²) in [5, 5.41) is 11.0. The topological polar surface area (TPSA) is 33.1 Å². The Kier molecular flexibility index (Phi) is 4.32. The Morgan fingerprint density at radius 1 is 1.11 bits per heavy atom. The number of fused-ring (bicyclic) bond motifs is 5. The molecule has 4 aliphatic rings. The first-order valence-electron chi connectivity index (χ1n) is 11.7. The van der Waals surface area contributed by atoms with E-state index < -0.39 is 0 Å². The van der Waals surface area contributed by atoms with E-state index in [1.54, 1.807) is 5.57 Å². The fourth-order valence-corrected chi connectivity index (χ4v) is 8.18. The third-order valence-electron chi connectivity index (χ3n) is 10.0. The van der Waals surface area contributed by atoms with E-state index >= 15 is 0 Å². The van der Waals surface area contributed by atoms with Gasteiger partial charge in [0.05, 0.1) is 5.60 Å². The molecule has 3 fully saturated rings. The molecular weight excluding hydrogens is 342 g/mol. The monoisotopic (exact) mass is 379 g/mol. The van der Waals surface area contributed by atoms with E-state index in [1.165, 1.54) is 44.1 Å². The molecule has 0 saturated heterocycles. The molecule has 0 bridgehead atoms. The molecule has 28 heavy (non-hydrogen) atoms. The van der Waals surface area contributed by atoms with Crippen LogP contribution in [-0.2, 0) is 0 Å². The Bertz CT molecular complexity index is 772. The van der Waals surface area contributed by atoms with Crippen LogP contribution in [-0.4, -0.2) is 15.7 Å². The van der Waals surface area contributed by atoms with Gasteiger partial charge in [0.25, 0.3) is 0 Å². The number of nitrogens with zero attached hydrogens (tertiary/aromatic N) is 1. The van der Waals surface area contributed by atoms with Gasteiger partial charge in [0, 0.05) is 12.4 Å². The van der Waals surface area contributed by atoms with Gasteiger partial charge in [-0.25, -0.2) is 0 Å². The molecule has 1 aromatic heterocycles. The molecule has 2 nitrogen and oxygen atoms in total. The molecule has 1 N–H and O–H groups in total. The minimum absolute atomic E-state index is 0.326. The Morgan fingerprint density at radius 2 is 1.96 bits per heavy atom. The zero-order chi connectivity index (χ0) is 19.6. The first kappa shape index (κ1) is 18.9. The van der Waals surface area contributed by atoms with Gasteiger partial charge in [-0.1, -0.05) is 32.9 Å². The lowest BCUT2D eigenvalue weighted by Crippen LogP contribution is -2.55. The van der Waals surface area contributed by atoms with Crippen molar-refractivity contribution in [2.75, 3.05) is 0 Å². The summed E-state index contributed by atoms with van der Waals surface area (Å²) < 4.78 is 0. The minimum Gasteiger partial charge on any atom is -0.390 e.